The van der Waals surface area contributed by atoms with Gasteiger partial charge in [0.05, 0.1) is 6.07 Å². The van der Waals surface area contributed by atoms with E-state index in [1.165, 1.54) is 96.3 Å². The molecule has 5 heteroatoms. The number of rotatable bonds is 27. The highest BCUT2D eigenvalue weighted by Gasteiger charge is 2.31. The number of unbranched alkanes of at least 4 members (excludes halogenated alkanes) is 19. The Hall–Kier alpha value is -0.600. The van der Waals surface area contributed by atoms with E-state index >= 15 is 0 Å². The molecule has 0 aliphatic carbocycles. The molecule has 0 N–H and O–H groups in total. The lowest BCUT2D eigenvalue weighted by atomic mass is 10.1. The van der Waals surface area contributed by atoms with Crippen LogP contribution in [0, 0.1) is 11.3 Å². The van der Waals surface area contributed by atoms with Gasteiger partial charge >= 0.3 is 0 Å². The Labute approximate surface area is 220 Å². The standard InChI is InChI=1S/C30H60N2O2S/c1-4-7-10-13-16-18-21-24-27-32(28-25-22-19-17-14-11-8-5-2)35(33,34)30(29-31)26-23-20-15-12-9-6-3/h30H,4-28H2,1-3H3. The van der Waals surface area contributed by atoms with Gasteiger partial charge in [0.15, 0.2) is 5.25 Å². The molecular weight excluding hydrogens is 452 g/mol. The van der Waals surface area contributed by atoms with Gasteiger partial charge in [-0.15, -0.1) is 0 Å². The highest BCUT2D eigenvalue weighted by molar-refractivity contribution is 7.90. The largest absolute Gasteiger partial charge is 0.230 e. The summed E-state index contributed by atoms with van der Waals surface area (Å²) < 4.78 is 28.5. The summed E-state index contributed by atoms with van der Waals surface area (Å²) in [5, 5.41) is 8.84. The molecule has 0 spiro atoms. The third-order valence-corrected chi connectivity index (χ3v) is 9.35. The summed E-state index contributed by atoms with van der Waals surface area (Å²) in [5.74, 6) is 0. The lowest BCUT2D eigenvalue weighted by Crippen LogP contribution is -2.39. The molecule has 208 valence electrons. The van der Waals surface area contributed by atoms with Crippen LogP contribution in [0.25, 0.3) is 0 Å². The zero-order valence-corrected chi connectivity index (χ0v) is 24.7. The van der Waals surface area contributed by atoms with Crippen LogP contribution in [0.2, 0.25) is 0 Å². The molecule has 0 saturated heterocycles. The van der Waals surface area contributed by atoms with Crippen LogP contribution in [0.15, 0.2) is 0 Å². The average molecular weight is 513 g/mol. The summed E-state index contributed by atoms with van der Waals surface area (Å²) in [7, 11) is -3.55. The smallest absolute Gasteiger partial charge is 0.211 e. The molecule has 0 aromatic rings. The third kappa shape index (κ3) is 19.2. The van der Waals surface area contributed by atoms with Crippen LogP contribution in [-0.2, 0) is 10.0 Å². The maximum Gasteiger partial charge on any atom is 0.230 e. The maximum atomic E-state index is 13.4. The molecular formula is C30H60N2O2S. The fourth-order valence-electron chi connectivity index (χ4n) is 4.78. The molecule has 0 amide bonds. The predicted molar refractivity (Wildman–Crippen MR) is 153 cm³/mol. The van der Waals surface area contributed by atoms with E-state index in [1.807, 2.05) is 0 Å². The van der Waals surface area contributed by atoms with E-state index in [4.69, 9.17) is 0 Å². The second-order valence-corrected chi connectivity index (χ2v) is 12.7. The fourth-order valence-corrected chi connectivity index (χ4v) is 6.51. The topological polar surface area (TPSA) is 61.2 Å². The molecule has 0 aliphatic rings. The Morgan fingerprint density at radius 1 is 0.543 bits per heavy atom. The van der Waals surface area contributed by atoms with Gasteiger partial charge in [-0.1, -0.05) is 149 Å². The van der Waals surface area contributed by atoms with Gasteiger partial charge in [0.2, 0.25) is 10.0 Å². The van der Waals surface area contributed by atoms with Crippen LogP contribution < -0.4 is 0 Å². The molecule has 0 heterocycles. The molecule has 4 nitrogen and oxygen atoms in total. The first-order chi connectivity index (χ1) is 17.0. The second-order valence-electron chi connectivity index (χ2n) is 10.6. The Morgan fingerprint density at radius 3 is 1.20 bits per heavy atom. The Balaban J connectivity index is 4.64. The molecule has 1 unspecified atom stereocenters. The lowest BCUT2D eigenvalue weighted by Gasteiger charge is -2.25. The Kier molecular flexibility index (Phi) is 24.6. The van der Waals surface area contributed by atoms with E-state index in [-0.39, 0.29) is 0 Å². The van der Waals surface area contributed by atoms with E-state index < -0.39 is 15.3 Å². The van der Waals surface area contributed by atoms with Gasteiger partial charge in [-0.05, 0) is 19.3 Å². The van der Waals surface area contributed by atoms with E-state index in [0.29, 0.717) is 19.5 Å². The second kappa shape index (κ2) is 25.1. The van der Waals surface area contributed by atoms with Crippen molar-refractivity contribution in [2.75, 3.05) is 13.1 Å². The lowest BCUT2D eigenvalue weighted by molar-refractivity contribution is 0.378. The highest BCUT2D eigenvalue weighted by Crippen LogP contribution is 2.19. The number of hydrogen-bond donors (Lipinski definition) is 0. The molecule has 1 atom stereocenters. The molecule has 0 aliphatic heterocycles. The van der Waals surface area contributed by atoms with Gasteiger partial charge in [0.25, 0.3) is 0 Å². The fraction of sp³-hybridized carbons (Fsp3) is 0.967. The molecule has 0 aromatic carbocycles. The van der Waals surface area contributed by atoms with Crippen molar-refractivity contribution in [1.82, 2.24) is 4.31 Å². The Morgan fingerprint density at radius 2 is 0.857 bits per heavy atom. The minimum Gasteiger partial charge on any atom is -0.211 e. The van der Waals surface area contributed by atoms with Crippen molar-refractivity contribution < 1.29 is 8.42 Å². The normalized spacial score (nSPS) is 12.8. The van der Waals surface area contributed by atoms with Gasteiger partial charge in [0.1, 0.15) is 0 Å². The van der Waals surface area contributed by atoms with Crippen molar-refractivity contribution in [3.8, 4) is 6.07 Å². The predicted octanol–water partition coefficient (Wildman–Crippen LogP) is 9.54. The minimum atomic E-state index is -3.55. The van der Waals surface area contributed by atoms with Gasteiger partial charge in [-0.3, -0.25) is 0 Å². The first kappa shape index (κ1) is 34.4. The van der Waals surface area contributed by atoms with E-state index in [1.54, 1.807) is 4.31 Å². The number of hydrogen-bond acceptors (Lipinski definition) is 3. The van der Waals surface area contributed by atoms with Crippen LogP contribution in [0.5, 0.6) is 0 Å². The zero-order chi connectivity index (χ0) is 26.0. The van der Waals surface area contributed by atoms with Gasteiger partial charge < -0.3 is 0 Å². The van der Waals surface area contributed by atoms with Gasteiger partial charge in [0, 0.05) is 13.1 Å². The minimum absolute atomic E-state index is 0.482. The highest BCUT2D eigenvalue weighted by atomic mass is 32.2. The number of nitrogens with zero attached hydrogens (tertiary/aromatic N) is 2. The van der Waals surface area contributed by atoms with Crippen LogP contribution in [0.4, 0.5) is 0 Å². The summed E-state index contributed by atoms with van der Waals surface area (Å²) in [5.41, 5.74) is 0. The molecule has 0 radical (unpaired) electrons. The monoisotopic (exact) mass is 512 g/mol. The van der Waals surface area contributed by atoms with Crippen LogP contribution in [-0.4, -0.2) is 31.1 Å². The molecule has 0 fully saturated rings. The SMILES string of the molecule is CCCCCCCCCCN(CCCCCCCCCC)S(=O)(=O)C(C#N)CCCCCCCC. The van der Waals surface area contributed by atoms with E-state index in [2.05, 4.69) is 26.8 Å². The number of nitriles is 1. The van der Waals surface area contributed by atoms with Crippen molar-refractivity contribution in [3.63, 3.8) is 0 Å². The van der Waals surface area contributed by atoms with Gasteiger partial charge in [-0.25, -0.2) is 12.7 Å². The summed E-state index contributed by atoms with van der Waals surface area (Å²) in [6.45, 7) is 7.85. The first-order valence-electron chi connectivity index (χ1n) is 15.4. The van der Waals surface area contributed by atoms with Crippen molar-refractivity contribution in [1.29, 1.82) is 5.26 Å². The maximum absolute atomic E-state index is 13.4. The van der Waals surface area contributed by atoms with Crippen LogP contribution in [0.3, 0.4) is 0 Å². The summed E-state index contributed by atoms with van der Waals surface area (Å²) in [6, 6.07) is 2.16. The summed E-state index contributed by atoms with van der Waals surface area (Å²) in [4.78, 5) is 0. The van der Waals surface area contributed by atoms with E-state index in [0.717, 1.165) is 44.9 Å². The van der Waals surface area contributed by atoms with Crippen LogP contribution >= 0.6 is 0 Å². The molecule has 0 bridgehead atoms. The molecule has 35 heavy (non-hydrogen) atoms. The van der Waals surface area contributed by atoms with Crippen molar-refractivity contribution >= 4 is 10.0 Å². The quantitative estimate of drug-likeness (QED) is 0.103. The Bertz CT molecular complexity index is 566. The third-order valence-electron chi connectivity index (χ3n) is 7.21. The van der Waals surface area contributed by atoms with E-state index in [9.17, 15) is 13.7 Å². The molecule has 0 saturated carbocycles. The van der Waals surface area contributed by atoms with Crippen molar-refractivity contribution in [2.45, 2.75) is 174 Å². The molecule has 0 rings (SSSR count). The molecule has 0 aromatic heterocycles. The van der Waals surface area contributed by atoms with Crippen molar-refractivity contribution in [3.05, 3.63) is 0 Å². The average Bonchev–Trinajstić information content (AvgIpc) is 2.85. The first-order valence-corrected chi connectivity index (χ1v) is 16.9. The summed E-state index contributed by atoms with van der Waals surface area (Å²) >= 11 is 0. The van der Waals surface area contributed by atoms with Crippen molar-refractivity contribution in [2.24, 2.45) is 0 Å². The summed E-state index contributed by atoms with van der Waals surface area (Å²) in [6.07, 6.45) is 26.4. The van der Waals surface area contributed by atoms with Gasteiger partial charge in [-0.2, -0.15) is 5.26 Å². The van der Waals surface area contributed by atoms with Crippen LogP contribution in [0.1, 0.15) is 168 Å². The number of sulfonamides is 1. The zero-order valence-electron chi connectivity index (χ0n) is 23.9.